The maximum Gasteiger partial charge on any atom is 0.142 e. The van der Waals surface area contributed by atoms with Crippen molar-refractivity contribution in [3.8, 4) is 0 Å². The van der Waals surface area contributed by atoms with Crippen molar-refractivity contribution in [3.63, 3.8) is 0 Å². The molecule has 0 saturated carbocycles. The first-order valence-corrected chi connectivity index (χ1v) is 4.23. The Morgan fingerprint density at radius 3 is 2.23 bits per heavy atom. The van der Waals surface area contributed by atoms with Crippen LogP contribution in [0.2, 0.25) is 0 Å². The van der Waals surface area contributed by atoms with Crippen LogP contribution in [0.5, 0.6) is 0 Å². The highest BCUT2D eigenvalue weighted by Crippen LogP contribution is 2.10. The summed E-state index contributed by atoms with van der Waals surface area (Å²) >= 11 is 3.32. The van der Waals surface area contributed by atoms with Crippen molar-refractivity contribution in [3.05, 3.63) is 34.3 Å². The number of benzene rings is 1. The summed E-state index contributed by atoms with van der Waals surface area (Å²) in [5.41, 5.74) is 0.809. The predicted molar refractivity (Wildman–Crippen MR) is 60.2 cm³/mol. The van der Waals surface area contributed by atoms with Crippen molar-refractivity contribution in [2.75, 3.05) is 7.05 Å². The van der Waals surface area contributed by atoms with Crippen LogP contribution in [0.15, 0.2) is 28.7 Å². The Kier molecular flexibility index (Phi) is 4.98. The highest BCUT2D eigenvalue weighted by molar-refractivity contribution is 9.10. The average Bonchev–Trinajstić information content (AvgIpc) is 2.04. The number of nitrogens with one attached hydrogen (secondary N) is 1. The molecule has 0 amide bonds. The topological polar surface area (TPSA) is 53.1 Å². The van der Waals surface area contributed by atoms with E-state index in [0.717, 1.165) is 10.0 Å². The van der Waals surface area contributed by atoms with E-state index in [9.17, 15) is 0 Å². The summed E-state index contributed by atoms with van der Waals surface area (Å²) in [7, 11) is 1.64. The molecule has 1 aromatic rings. The summed E-state index contributed by atoms with van der Waals surface area (Å²) in [6.07, 6.45) is 0. The Labute approximate surface area is 91.9 Å². The number of rotatable bonds is 1. The lowest BCUT2D eigenvalue weighted by molar-refractivity contribution is 0.536. The number of amidine groups is 1. The number of halogens is 2. The second-order valence-electron chi connectivity index (χ2n) is 2.47. The van der Waals surface area contributed by atoms with Crippen LogP contribution in [0.4, 0.5) is 0 Å². The van der Waals surface area contributed by atoms with Crippen molar-refractivity contribution < 1.29 is 0 Å². The molecule has 72 valence electrons. The van der Waals surface area contributed by atoms with Crippen molar-refractivity contribution in [2.45, 2.75) is 0 Å². The summed E-state index contributed by atoms with van der Waals surface area (Å²) in [5.74, 6) is 5.71. The van der Waals surface area contributed by atoms with E-state index >= 15 is 0 Å². The molecular formula is C8H11BrClN3. The molecule has 0 unspecified atom stereocenters. The van der Waals surface area contributed by atoms with Crippen LogP contribution in [-0.4, -0.2) is 17.9 Å². The molecule has 0 radical (unpaired) electrons. The van der Waals surface area contributed by atoms with Crippen LogP contribution in [0.1, 0.15) is 5.56 Å². The molecule has 0 fully saturated rings. The molecule has 0 saturated heterocycles. The van der Waals surface area contributed by atoms with E-state index in [1.54, 1.807) is 7.05 Å². The number of hydrazine groups is 1. The van der Waals surface area contributed by atoms with E-state index in [4.69, 9.17) is 11.3 Å². The highest BCUT2D eigenvalue weighted by Gasteiger charge is 2.01. The van der Waals surface area contributed by atoms with Crippen LogP contribution in [0.25, 0.3) is 0 Å². The van der Waals surface area contributed by atoms with E-state index in [1.165, 1.54) is 5.01 Å². The van der Waals surface area contributed by atoms with Crippen LogP contribution in [0, 0.1) is 5.41 Å². The average molecular weight is 265 g/mol. The first-order chi connectivity index (χ1) is 5.61. The van der Waals surface area contributed by atoms with Crippen LogP contribution < -0.4 is 5.84 Å². The molecule has 0 aromatic heterocycles. The van der Waals surface area contributed by atoms with Gasteiger partial charge in [0.1, 0.15) is 5.84 Å². The molecule has 3 N–H and O–H groups in total. The number of hydrogen-bond acceptors (Lipinski definition) is 2. The molecular weight excluding hydrogens is 253 g/mol. The molecule has 0 aliphatic carbocycles. The molecule has 1 aromatic carbocycles. The highest BCUT2D eigenvalue weighted by atomic mass is 79.9. The summed E-state index contributed by atoms with van der Waals surface area (Å²) in [6, 6.07) is 7.45. The Hall–Kier alpha value is -0.580. The van der Waals surface area contributed by atoms with Gasteiger partial charge in [-0.3, -0.25) is 10.4 Å². The summed E-state index contributed by atoms with van der Waals surface area (Å²) in [6.45, 7) is 0. The molecule has 0 heterocycles. The Morgan fingerprint density at radius 1 is 1.38 bits per heavy atom. The van der Waals surface area contributed by atoms with E-state index < -0.39 is 0 Å². The largest absolute Gasteiger partial charge is 0.298 e. The van der Waals surface area contributed by atoms with Gasteiger partial charge < -0.3 is 0 Å². The van der Waals surface area contributed by atoms with Gasteiger partial charge in [-0.25, -0.2) is 5.84 Å². The molecule has 0 aliphatic heterocycles. The Balaban J connectivity index is 0.00000144. The maximum atomic E-state index is 7.54. The standard InChI is InChI=1S/C8H10BrN3.ClH/c1-12(11)8(10)6-2-4-7(9)5-3-6;/h2-5,10H,11H2,1H3;1H. The Morgan fingerprint density at radius 2 is 1.85 bits per heavy atom. The van der Waals surface area contributed by atoms with Gasteiger partial charge >= 0.3 is 0 Å². The second kappa shape index (κ2) is 5.21. The normalized spacial score (nSPS) is 8.85. The van der Waals surface area contributed by atoms with Gasteiger partial charge in [-0.1, -0.05) is 28.1 Å². The lowest BCUT2D eigenvalue weighted by atomic mass is 10.2. The summed E-state index contributed by atoms with van der Waals surface area (Å²) in [5, 5.41) is 8.82. The van der Waals surface area contributed by atoms with Crippen LogP contribution in [0.3, 0.4) is 0 Å². The van der Waals surface area contributed by atoms with Gasteiger partial charge in [0, 0.05) is 17.1 Å². The monoisotopic (exact) mass is 263 g/mol. The summed E-state index contributed by atoms with van der Waals surface area (Å²) in [4.78, 5) is 0. The predicted octanol–water partition coefficient (Wildman–Crippen LogP) is 2.00. The quantitative estimate of drug-likeness (QED) is 0.353. The van der Waals surface area contributed by atoms with Gasteiger partial charge in [0.25, 0.3) is 0 Å². The smallest absolute Gasteiger partial charge is 0.142 e. The van der Waals surface area contributed by atoms with Crippen LogP contribution in [-0.2, 0) is 0 Å². The number of hydrogen-bond donors (Lipinski definition) is 2. The fourth-order valence-corrected chi connectivity index (χ4v) is 1.08. The molecule has 5 heteroatoms. The molecule has 0 atom stereocenters. The maximum absolute atomic E-state index is 7.54. The fourth-order valence-electron chi connectivity index (χ4n) is 0.811. The number of nitrogens with zero attached hydrogens (tertiary/aromatic N) is 1. The lowest BCUT2D eigenvalue weighted by Crippen LogP contribution is -2.33. The Bertz CT molecular complexity index is 284. The molecule has 0 aliphatic rings. The third kappa shape index (κ3) is 3.34. The minimum atomic E-state index is 0. The summed E-state index contributed by atoms with van der Waals surface area (Å²) < 4.78 is 0.999. The van der Waals surface area contributed by atoms with Gasteiger partial charge in [-0.15, -0.1) is 12.4 Å². The van der Waals surface area contributed by atoms with Gasteiger partial charge in [0.15, 0.2) is 0 Å². The van der Waals surface area contributed by atoms with Crippen molar-refractivity contribution in [1.82, 2.24) is 5.01 Å². The molecule has 1 rings (SSSR count). The first kappa shape index (κ1) is 12.4. The molecule has 13 heavy (non-hydrogen) atoms. The van der Waals surface area contributed by atoms with Gasteiger partial charge in [-0.05, 0) is 12.1 Å². The van der Waals surface area contributed by atoms with E-state index in [2.05, 4.69) is 15.9 Å². The fraction of sp³-hybridized carbons (Fsp3) is 0.125. The minimum Gasteiger partial charge on any atom is -0.298 e. The van der Waals surface area contributed by atoms with Crippen molar-refractivity contribution in [2.24, 2.45) is 5.84 Å². The second-order valence-corrected chi connectivity index (χ2v) is 3.38. The lowest BCUT2D eigenvalue weighted by Gasteiger charge is -2.12. The third-order valence-electron chi connectivity index (χ3n) is 1.47. The van der Waals surface area contributed by atoms with Crippen LogP contribution >= 0.6 is 28.3 Å². The van der Waals surface area contributed by atoms with E-state index in [1.807, 2.05) is 24.3 Å². The van der Waals surface area contributed by atoms with E-state index in [-0.39, 0.29) is 12.4 Å². The van der Waals surface area contributed by atoms with Crippen molar-refractivity contribution >= 4 is 34.2 Å². The van der Waals surface area contributed by atoms with Gasteiger partial charge in [-0.2, -0.15) is 0 Å². The van der Waals surface area contributed by atoms with Gasteiger partial charge in [0.2, 0.25) is 0 Å². The van der Waals surface area contributed by atoms with E-state index in [0.29, 0.717) is 5.84 Å². The van der Waals surface area contributed by atoms with Crippen molar-refractivity contribution in [1.29, 1.82) is 5.41 Å². The zero-order chi connectivity index (χ0) is 9.14. The first-order valence-electron chi connectivity index (χ1n) is 3.44. The molecule has 3 nitrogen and oxygen atoms in total. The third-order valence-corrected chi connectivity index (χ3v) is 2.00. The minimum absolute atomic E-state index is 0. The SMILES string of the molecule is CN(N)C(=N)c1ccc(Br)cc1.Cl. The molecule has 0 bridgehead atoms. The number of nitrogens with two attached hydrogens (primary N) is 1. The zero-order valence-electron chi connectivity index (χ0n) is 7.12. The molecule has 0 spiro atoms. The zero-order valence-corrected chi connectivity index (χ0v) is 9.52. The van der Waals surface area contributed by atoms with Gasteiger partial charge in [0.05, 0.1) is 0 Å².